The molecule has 2 N–H and O–H groups in total. The fourth-order valence-electron chi connectivity index (χ4n) is 3.52. The molecule has 0 aliphatic heterocycles. The minimum Gasteiger partial charge on any atom is -0.278 e. The Hall–Kier alpha value is -3.76. The number of aryl methyl sites for hydroxylation is 2. The summed E-state index contributed by atoms with van der Waals surface area (Å²) >= 11 is 1.10. The number of nitrogens with one attached hydrogen (secondary N) is 2. The monoisotopic (exact) mass is 507 g/mol. The number of benzene rings is 2. The number of carbonyl (C=O) groups excluding carboxylic acids is 1. The van der Waals surface area contributed by atoms with E-state index < -0.39 is 15.9 Å². The van der Waals surface area contributed by atoms with E-state index in [9.17, 15) is 13.2 Å². The standard InChI is InChI=1S/C25H25N5O3S2/c1-17-10-12-20(13-11-17)16-30-19(3)22(18(2)28-30)15-26-27-25(31)21-7-4-5-8-23(21)29-35(32,33)24-9-6-14-34-24/h4-15,29H,16H2,1-3H3,(H,27,31). The van der Waals surface area contributed by atoms with Gasteiger partial charge in [0.25, 0.3) is 15.9 Å². The van der Waals surface area contributed by atoms with Crippen LogP contribution in [0.15, 0.2) is 75.4 Å². The summed E-state index contributed by atoms with van der Waals surface area (Å²) < 4.78 is 29.7. The van der Waals surface area contributed by atoms with Crippen molar-refractivity contribution in [1.82, 2.24) is 15.2 Å². The number of amides is 1. The minimum absolute atomic E-state index is 0.160. The SMILES string of the molecule is Cc1ccc(Cn2nc(C)c(C=NNC(=O)c3ccccc3NS(=O)(=O)c3cccs3)c2C)cc1. The molecule has 0 spiro atoms. The van der Waals surface area contributed by atoms with E-state index in [1.165, 1.54) is 23.8 Å². The summed E-state index contributed by atoms with van der Waals surface area (Å²) in [4.78, 5) is 12.8. The number of carbonyl (C=O) groups is 1. The first-order chi connectivity index (χ1) is 16.7. The molecular weight excluding hydrogens is 482 g/mol. The first-order valence-electron chi connectivity index (χ1n) is 10.8. The highest BCUT2D eigenvalue weighted by Crippen LogP contribution is 2.23. The van der Waals surface area contributed by atoms with E-state index in [0.717, 1.165) is 33.9 Å². The van der Waals surface area contributed by atoms with Gasteiger partial charge in [-0.1, -0.05) is 48.0 Å². The van der Waals surface area contributed by atoms with Crippen molar-refractivity contribution in [3.05, 3.63) is 99.7 Å². The van der Waals surface area contributed by atoms with E-state index in [-0.39, 0.29) is 15.5 Å². The number of para-hydroxylation sites is 1. The quantitative estimate of drug-likeness (QED) is 0.271. The van der Waals surface area contributed by atoms with Crippen LogP contribution in [0.5, 0.6) is 0 Å². The summed E-state index contributed by atoms with van der Waals surface area (Å²) in [6.07, 6.45) is 1.56. The minimum atomic E-state index is -3.79. The molecule has 180 valence electrons. The van der Waals surface area contributed by atoms with Crippen LogP contribution >= 0.6 is 11.3 Å². The second-order valence-corrected chi connectivity index (χ2v) is 10.9. The number of aromatic nitrogens is 2. The highest BCUT2D eigenvalue weighted by molar-refractivity contribution is 7.94. The molecule has 4 aromatic rings. The van der Waals surface area contributed by atoms with Crippen LogP contribution in [0, 0.1) is 20.8 Å². The molecule has 35 heavy (non-hydrogen) atoms. The number of rotatable bonds is 8. The average molecular weight is 508 g/mol. The van der Waals surface area contributed by atoms with Crippen molar-refractivity contribution in [3.8, 4) is 0 Å². The Kier molecular flexibility index (Phi) is 7.13. The molecule has 2 heterocycles. The molecule has 2 aromatic heterocycles. The lowest BCUT2D eigenvalue weighted by molar-refractivity contribution is 0.0956. The van der Waals surface area contributed by atoms with Crippen LogP contribution in [0.2, 0.25) is 0 Å². The molecule has 0 bridgehead atoms. The second kappa shape index (κ2) is 10.2. The summed E-state index contributed by atoms with van der Waals surface area (Å²) in [7, 11) is -3.79. The van der Waals surface area contributed by atoms with Gasteiger partial charge in [-0.05, 0) is 49.9 Å². The number of hydrogen-bond donors (Lipinski definition) is 2. The Morgan fingerprint density at radius 3 is 2.51 bits per heavy atom. The summed E-state index contributed by atoms with van der Waals surface area (Å²) in [5.74, 6) is -0.534. The summed E-state index contributed by atoms with van der Waals surface area (Å²) in [5.41, 5.74) is 7.68. The largest absolute Gasteiger partial charge is 0.278 e. The third-order valence-electron chi connectivity index (χ3n) is 5.43. The van der Waals surface area contributed by atoms with Gasteiger partial charge in [-0.2, -0.15) is 10.2 Å². The van der Waals surface area contributed by atoms with Gasteiger partial charge >= 0.3 is 0 Å². The van der Waals surface area contributed by atoms with E-state index in [4.69, 9.17) is 0 Å². The first kappa shape index (κ1) is 24.4. The van der Waals surface area contributed by atoms with Crippen LogP contribution in [-0.2, 0) is 16.6 Å². The van der Waals surface area contributed by atoms with Crippen molar-refractivity contribution in [3.63, 3.8) is 0 Å². The summed E-state index contributed by atoms with van der Waals surface area (Å²) in [5, 5.41) is 10.4. The molecular formula is C25H25N5O3S2. The normalized spacial score (nSPS) is 11.6. The highest BCUT2D eigenvalue weighted by atomic mass is 32.2. The van der Waals surface area contributed by atoms with Crippen molar-refractivity contribution in [1.29, 1.82) is 0 Å². The van der Waals surface area contributed by atoms with Gasteiger partial charge in [-0.25, -0.2) is 13.8 Å². The summed E-state index contributed by atoms with van der Waals surface area (Å²) in [6.45, 7) is 6.51. The maximum atomic E-state index is 12.8. The van der Waals surface area contributed by atoms with Gasteiger partial charge < -0.3 is 0 Å². The topological polar surface area (TPSA) is 105 Å². The number of hydrogen-bond acceptors (Lipinski definition) is 6. The van der Waals surface area contributed by atoms with Crippen molar-refractivity contribution in [2.45, 2.75) is 31.5 Å². The first-order valence-corrected chi connectivity index (χ1v) is 13.2. The zero-order valence-electron chi connectivity index (χ0n) is 19.5. The Balaban J connectivity index is 1.48. The van der Waals surface area contributed by atoms with Gasteiger partial charge in [0.1, 0.15) is 4.21 Å². The fourth-order valence-corrected chi connectivity index (χ4v) is 5.59. The zero-order chi connectivity index (χ0) is 25.0. The molecule has 4 rings (SSSR count). The van der Waals surface area contributed by atoms with Gasteiger partial charge in [-0.15, -0.1) is 11.3 Å². The van der Waals surface area contributed by atoms with Crippen LogP contribution in [-0.4, -0.2) is 30.3 Å². The molecule has 1 amide bonds. The van der Waals surface area contributed by atoms with Crippen molar-refractivity contribution >= 4 is 39.2 Å². The maximum Gasteiger partial charge on any atom is 0.273 e. The zero-order valence-corrected chi connectivity index (χ0v) is 21.2. The second-order valence-electron chi connectivity index (χ2n) is 8.01. The number of anilines is 1. The Morgan fingerprint density at radius 1 is 1.06 bits per heavy atom. The van der Waals surface area contributed by atoms with Crippen LogP contribution in [0.3, 0.4) is 0 Å². The molecule has 0 radical (unpaired) electrons. The van der Waals surface area contributed by atoms with Gasteiger partial charge in [-0.3, -0.25) is 14.2 Å². The van der Waals surface area contributed by atoms with Crippen molar-refractivity contribution < 1.29 is 13.2 Å². The molecule has 0 atom stereocenters. The Morgan fingerprint density at radius 2 is 1.80 bits per heavy atom. The lowest BCUT2D eigenvalue weighted by Crippen LogP contribution is -2.21. The van der Waals surface area contributed by atoms with E-state index in [0.29, 0.717) is 6.54 Å². The van der Waals surface area contributed by atoms with Gasteiger partial charge in [0.2, 0.25) is 0 Å². The summed E-state index contributed by atoms with van der Waals surface area (Å²) in [6, 6.07) is 17.8. The van der Waals surface area contributed by atoms with Crippen molar-refractivity contribution in [2.75, 3.05) is 4.72 Å². The molecule has 8 nitrogen and oxygen atoms in total. The van der Waals surface area contributed by atoms with E-state index in [1.807, 2.05) is 25.5 Å². The van der Waals surface area contributed by atoms with Crippen LogP contribution in [0.1, 0.15) is 38.4 Å². The van der Waals surface area contributed by atoms with E-state index in [1.54, 1.807) is 29.8 Å². The van der Waals surface area contributed by atoms with Gasteiger partial charge in [0, 0.05) is 11.3 Å². The predicted octanol–water partition coefficient (Wildman–Crippen LogP) is 4.48. The number of hydrazone groups is 1. The van der Waals surface area contributed by atoms with Crippen LogP contribution in [0.4, 0.5) is 5.69 Å². The third kappa shape index (κ3) is 5.67. The molecule has 0 fully saturated rings. The lowest BCUT2D eigenvalue weighted by Gasteiger charge is -2.10. The number of nitrogens with zero attached hydrogens (tertiary/aromatic N) is 3. The third-order valence-corrected chi connectivity index (χ3v) is 8.19. The number of sulfonamides is 1. The lowest BCUT2D eigenvalue weighted by atomic mass is 10.1. The number of thiophene rings is 1. The predicted molar refractivity (Wildman–Crippen MR) is 139 cm³/mol. The fraction of sp³-hybridized carbons (Fsp3) is 0.160. The maximum absolute atomic E-state index is 12.8. The molecule has 10 heteroatoms. The van der Waals surface area contributed by atoms with E-state index >= 15 is 0 Å². The van der Waals surface area contributed by atoms with Gasteiger partial charge in [0.15, 0.2) is 0 Å². The average Bonchev–Trinajstić information content (AvgIpc) is 3.46. The van der Waals surface area contributed by atoms with E-state index in [2.05, 4.69) is 44.6 Å². The molecule has 0 aliphatic rings. The Bertz CT molecular complexity index is 1470. The Labute approximate surface area is 208 Å². The highest BCUT2D eigenvalue weighted by Gasteiger charge is 2.19. The smallest absolute Gasteiger partial charge is 0.273 e. The van der Waals surface area contributed by atoms with Crippen LogP contribution in [0.25, 0.3) is 0 Å². The van der Waals surface area contributed by atoms with Crippen molar-refractivity contribution in [2.24, 2.45) is 5.10 Å². The molecule has 2 aromatic carbocycles. The molecule has 0 aliphatic carbocycles. The molecule has 0 saturated heterocycles. The molecule has 0 saturated carbocycles. The van der Waals surface area contributed by atoms with Crippen LogP contribution < -0.4 is 10.1 Å². The molecule has 0 unspecified atom stereocenters. The van der Waals surface area contributed by atoms with Gasteiger partial charge in [0.05, 0.1) is 29.7 Å².